The molecule has 5 nitrogen and oxygen atoms in total. The highest BCUT2D eigenvalue weighted by atomic mass is 19.4. The topological polar surface area (TPSA) is 60.9 Å². The molecule has 0 bridgehead atoms. The van der Waals surface area contributed by atoms with Gasteiger partial charge in [0.2, 0.25) is 5.91 Å². The Morgan fingerprint density at radius 2 is 2.05 bits per heavy atom. The Balaban J connectivity index is 2.57. The van der Waals surface area contributed by atoms with Crippen molar-refractivity contribution in [3.05, 3.63) is 0 Å². The van der Waals surface area contributed by atoms with Crippen LogP contribution in [0.25, 0.3) is 0 Å². The average molecular weight is 310 g/mol. The van der Waals surface area contributed by atoms with Crippen molar-refractivity contribution in [2.45, 2.75) is 32.4 Å². The summed E-state index contributed by atoms with van der Waals surface area (Å²) in [6, 6.07) is 0. The highest BCUT2D eigenvalue weighted by Crippen LogP contribution is 2.22. The minimum atomic E-state index is -4.40. The molecule has 122 valence electrons. The van der Waals surface area contributed by atoms with Crippen molar-refractivity contribution in [3.8, 4) is 0 Å². The molecule has 1 atom stereocenters. The van der Waals surface area contributed by atoms with E-state index in [0.29, 0.717) is 32.5 Å². The Morgan fingerprint density at radius 1 is 1.38 bits per heavy atom. The molecule has 0 aromatic rings. The van der Waals surface area contributed by atoms with Crippen molar-refractivity contribution in [1.29, 1.82) is 0 Å². The third-order valence-corrected chi connectivity index (χ3v) is 3.56. The Hall–Kier alpha value is -1.31. The molecule has 1 unspecified atom stereocenters. The summed E-state index contributed by atoms with van der Waals surface area (Å²) in [6.45, 7) is 1.65. The zero-order valence-corrected chi connectivity index (χ0v) is 12.0. The van der Waals surface area contributed by atoms with Crippen molar-refractivity contribution in [2.75, 3.05) is 32.7 Å². The number of halogens is 3. The van der Waals surface area contributed by atoms with Crippen LogP contribution in [0, 0.1) is 5.92 Å². The number of carbonyl (C=O) groups excluding carboxylic acids is 1. The summed E-state index contributed by atoms with van der Waals surface area (Å²) < 4.78 is 37.3. The first-order chi connectivity index (χ1) is 9.73. The number of piperidine rings is 1. The van der Waals surface area contributed by atoms with E-state index in [1.165, 1.54) is 6.92 Å². The van der Waals surface area contributed by atoms with E-state index in [4.69, 9.17) is 5.11 Å². The smallest absolute Gasteiger partial charge is 0.406 e. The van der Waals surface area contributed by atoms with Crippen molar-refractivity contribution in [2.24, 2.45) is 5.92 Å². The van der Waals surface area contributed by atoms with Crippen molar-refractivity contribution in [3.63, 3.8) is 0 Å². The summed E-state index contributed by atoms with van der Waals surface area (Å²) in [5, 5.41) is 8.65. The van der Waals surface area contributed by atoms with E-state index in [9.17, 15) is 22.8 Å². The van der Waals surface area contributed by atoms with Crippen LogP contribution in [0.2, 0.25) is 0 Å². The minimum Gasteiger partial charge on any atom is -0.481 e. The van der Waals surface area contributed by atoms with Gasteiger partial charge in [0, 0.05) is 19.6 Å². The first kappa shape index (κ1) is 17.7. The van der Waals surface area contributed by atoms with Crippen molar-refractivity contribution >= 4 is 11.9 Å². The molecule has 1 aliphatic heterocycles. The zero-order chi connectivity index (χ0) is 16.0. The van der Waals surface area contributed by atoms with E-state index < -0.39 is 30.5 Å². The second-order valence-electron chi connectivity index (χ2n) is 5.25. The van der Waals surface area contributed by atoms with E-state index in [1.807, 2.05) is 4.90 Å². The molecular weight excluding hydrogens is 289 g/mol. The summed E-state index contributed by atoms with van der Waals surface area (Å²) >= 11 is 0. The number of rotatable bonds is 6. The molecule has 1 heterocycles. The van der Waals surface area contributed by atoms with Crippen LogP contribution < -0.4 is 0 Å². The number of hydrogen-bond donors (Lipinski definition) is 1. The number of aliphatic carboxylic acids is 1. The third-order valence-electron chi connectivity index (χ3n) is 3.56. The molecule has 0 radical (unpaired) electrons. The predicted octanol–water partition coefficient (Wildman–Crippen LogP) is 1.58. The largest absolute Gasteiger partial charge is 0.481 e. The summed E-state index contributed by atoms with van der Waals surface area (Å²) in [6.07, 6.45) is -3.18. The molecule has 0 aromatic carbocycles. The molecule has 1 rings (SSSR count). The first-order valence-electron chi connectivity index (χ1n) is 7.02. The number of hydrogen-bond acceptors (Lipinski definition) is 3. The lowest BCUT2D eigenvalue weighted by Crippen LogP contribution is -2.47. The van der Waals surface area contributed by atoms with E-state index in [2.05, 4.69) is 0 Å². The number of alkyl halides is 3. The van der Waals surface area contributed by atoms with E-state index >= 15 is 0 Å². The van der Waals surface area contributed by atoms with Crippen LogP contribution in [0.3, 0.4) is 0 Å². The molecule has 1 aliphatic rings. The zero-order valence-electron chi connectivity index (χ0n) is 12.0. The van der Waals surface area contributed by atoms with E-state index in [1.54, 1.807) is 0 Å². The highest BCUT2D eigenvalue weighted by molar-refractivity contribution is 5.79. The lowest BCUT2D eigenvalue weighted by Gasteiger charge is -2.34. The van der Waals surface area contributed by atoms with Crippen LogP contribution >= 0.6 is 0 Å². The van der Waals surface area contributed by atoms with Crippen molar-refractivity contribution in [1.82, 2.24) is 9.80 Å². The maximum atomic E-state index is 12.4. The molecule has 0 aromatic heterocycles. The summed E-state index contributed by atoms with van der Waals surface area (Å²) in [7, 11) is 0. The first-order valence-corrected chi connectivity index (χ1v) is 7.02. The molecule has 0 spiro atoms. The van der Waals surface area contributed by atoms with Crippen LogP contribution in [-0.4, -0.2) is 65.7 Å². The fourth-order valence-electron chi connectivity index (χ4n) is 2.53. The van der Waals surface area contributed by atoms with Crippen LogP contribution in [0.5, 0.6) is 0 Å². The molecule has 1 saturated heterocycles. The molecule has 0 saturated carbocycles. The Morgan fingerprint density at radius 3 is 2.57 bits per heavy atom. The Labute approximate surface area is 121 Å². The van der Waals surface area contributed by atoms with Crippen LogP contribution in [-0.2, 0) is 9.59 Å². The maximum absolute atomic E-state index is 12.4. The number of likely N-dealkylation sites (tertiary alicyclic amines) is 1. The van der Waals surface area contributed by atoms with Crippen LogP contribution in [0.15, 0.2) is 0 Å². The standard InChI is InChI=1S/C13H21F3N2O3/c1-2-18(9-13(14,15)16)12(21)10-4-3-6-17(8-10)7-5-11(19)20/h10H,2-9H2,1H3,(H,19,20). The van der Waals surface area contributed by atoms with Gasteiger partial charge in [0.1, 0.15) is 6.54 Å². The quantitative estimate of drug-likeness (QED) is 0.809. The second kappa shape index (κ2) is 7.63. The van der Waals surface area contributed by atoms with Gasteiger partial charge in [-0.05, 0) is 26.3 Å². The van der Waals surface area contributed by atoms with E-state index in [-0.39, 0.29) is 13.0 Å². The monoisotopic (exact) mass is 310 g/mol. The van der Waals surface area contributed by atoms with Gasteiger partial charge in [0.15, 0.2) is 0 Å². The SMILES string of the molecule is CCN(CC(F)(F)F)C(=O)C1CCCN(CCC(=O)O)C1. The van der Waals surface area contributed by atoms with Gasteiger partial charge in [-0.1, -0.05) is 0 Å². The number of carboxylic acids is 1. The minimum absolute atomic E-state index is 0.0178. The lowest BCUT2D eigenvalue weighted by atomic mass is 9.96. The number of nitrogens with zero attached hydrogens (tertiary/aromatic N) is 2. The molecule has 1 amide bonds. The summed E-state index contributed by atoms with van der Waals surface area (Å²) in [4.78, 5) is 25.4. The number of carbonyl (C=O) groups is 2. The number of carboxylic acid groups (broad SMARTS) is 1. The second-order valence-corrected chi connectivity index (χ2v) is 5.25. The van der Waals surface area contributed by atoms with Gasteiger partial charge in [0.05, 0.1) is 12.3 Å². The van der Waals surface area contributed by atoms with Gasteiger partial charge in [-0.3, -0.25) is 9.59 Å². The van der Waals surface area contributed by atoms with Gasteiger partial charge in [-0.25, -0.2) is 0 Å². The average Bonchev–Trinajstić information content (AvgIpc) is 2.41. The van der Waals surface area contributed by atoms with Gasteiger partial charge >= 0.3 is 12.1 Å². The molecule has 8 heteroatoms. The number of amides is 1. The Kier molecular flexibility index (Phi) is 6.44. The van der Waals surface area contributed by atoms with Gasteiger partial charge < -0.3 is 14.9 Å². The fourth-order valence-corrected chi connectivity index (χ4v) is 2.53. The molecule has 0 aliphatic carbocycles. The normalized spacial score (nSPS) is 20.3. The fraction of sp³-hybridized carbons (Fsp3) is 0.846. The predicted molar refractivity (Wildman–Crippen MR) is 69.7 cm³/mol. The summed E-state index contributed by atoms with van der Waals surface area (Å²) in [5.41, 5.74) is 0. The molecule has 21 heavy (non-hydrogen) atoms. The van der Waals surface area contributed by atoms with Crippen molar-refractivity contribution < 1.29 is 27.9 Å². The summed E-state index contributed by atoms with van der Waals surface area (Å²) in [5.74, 6) is -1.89. The van der Waals surface area contributed by atoms with E-state index in [0.717, 1.165) is 4.90 Å². The van der Waals surface area contributed by atoms with Crippen LogP contribution in [0.1, 0.15) is 26.2 Å². The maximum Gasteiger partial charge on any atom is 0.406 e. The van der Waals surface area contributed by atoms with Gasteiger partial charge in [-0.15, -0.1) is 0 Å². The molecule has 1 N–H and O–H groups in total. The Bertz CT molecular complexity index is 374. The molecule has 1 fully saturated rings. The third kappa shape index (κ3) is 6.33. The lowest BCUT2D eigenvalue weighted by molar-refractivity contribution is -0.164. The molecular formula is C13H21F3N2O3. The van der Waals surface area contributed by atoms with Gasteiger partial charge in [0.25, 0.3) is 0 Å². The van der Waals surface area contributed by atoms with Crippen LogP contribution in [0.4, 0.5) is 13.2 Å². The van der Waals surface area contributed by atoms with Gasteiger partial charge in [-0.2, -0.15) is 13.2 Å². The highest BCUT2D eigenvalue weighted by Gasteiger charge is 2.35.